The Morgan fingerprint density at radius 3 is 2.17 bits per heavy atom. The minimum absolute atomic E-state index is 0.144. The standard InChI is InChI=1S/C26H27FN2/c1-17-18(2)29(16-19-6-10-21(11-7-19)26(3,4)5)25-23(17)14-15-28-24(25)20-8-12-22(27)13-9-20/h6-15H,16H2,1-5H3. The minimum atomic E-state index is -0.234. The van der Waals surface area contributed by atoms with Crippen LogP contribution < -0.4 is 0 Å². The van der Waals surface area contributed by atoms with Crippen molar-refractivity contribution >= 4 is 10.9 Å². The first kappa shape index (κ1) is 19.4. The summed E-state index contributed by atoms with van der Waals surface area (Å²) in [5, 5.41) is 1.20. The zero-order valence-corrected chi connectivity index (χ0v) is 17.8. The largest absolute Gasteiger partial charge is 0.338 e. The lowest BCUT2D eigenvalue weighted by molar-refractivity contribution is 0.590. The predicted molar refractivity (Wildman–Crippen MR) is 119 cm³/mol. The molecular weight excluding hydrogens is 359 g/mol. The summed E-state index contributed by atoms with van der Waals surface area (Å²) in [5.74, 6) is -0.234. The van der Waals surface area contributed by atoms with Crippen LogP contribution in [0.2, 0.25) is 0 Å². The number of halogens is 1. The molecular formula is C26H27FN2. The van der Waals surface area contributed by atoms with E-state index >= 15 is 0 Å². The van der Waals surface area contributed by atoms with Gasteiger partial charge in [0.15, 0.2) is 0 Å². The van der Waals surface area contributed by atoms with E-state index in [0.717, 1.165) is 23.3 Å². The Hall–Kier alpha value is -2.94. The maximum Gasteiger partial charge on any atom is 0.123 e. The summed E-state index contributed by atoms with van der Waals surface area (Å²) in [7, 11) is 0. The maximum atomic E-state index is 13.4. The molecule has 2 aromatic carbocycles. The monoisotopic (exact) mass is 386 g/mol. The van der Waals surface area contributed by atoms with E-state index in [2.05, 4.69) is 74.5 Å². The number of rotatable bonds is 3. The summed E-state index contributed by atoms with van der Waals surface area (Å²) in [6.45, 7) is 11.8. The van der Waals surface area contributed by atoms with Crippen molar-refractivity contribution in [2.75, 3.05) is 0 Å². The normalized spacial score (nSPS) is 11.9. The lowest BCUT2D eigenvalue weighted by Crippen LogP contribution is -2.11. The molecule has 0 atom stereocenters. The predicted octanol–water partition coefficient (Wildman–Crippen LogP) is 6.81. The van der Waals surface area contributed by atoms with E-state index in [-0.39, 0.29) is 11.2 Å². The van der Waals surface area contributed by atoms with Crippen LogP contribution in [0.15, 0.2) is 60.8 Å². The van der Waals surface area contributed by atoms with Gasteiger partial charge in [-0.1, -0.05) is 45.0 Å². The maximum absolute atomic E-state index is 13.4. The Balaban J connectivity index is 1.84. The van der Waals surface area contributed by atoms with Gasteiger partial charge in [0.25, 0.3) is 0 Å². The molecule has 0 aliphatic carbocycles. The van der Waals surface area contributed by atoms with Crippen molar-refractivity contribution in [3.63, 3.8) is 0 Å². The van der Waals surface area contributed by atoms with Crippen molar-refractivity contribution in [3.05, 3.63) is 89.0 Å². The SMILES string of the molecule is Cc1c(C)n(Cc2ccc(C(C)(C)C)cc2)c2c(-c3ccc(F)cc3)nccc12. The zero-order chi connectivity index (χ0) is 20.8. The molecule has 0 aliphatic heterocycles. The highest BCUT2D eigenvalue weighted by molar-refractivity contribution is 5.95. The van der Waals surface area contributed by atoms with Gasteiger partial charge in [-0.05, 0) is 66.3 Å². The Labute approximate surface area is 172 Å². The van der Waals surface area contributed by atoms with Crippen molar-refractivity contribution in [2.24, 2.45) is 0 Å². The molecule has 0 saturated heterocycles. The van der Waals surface area contributed by atoms with Crippen molar-refractivity contribution in [1.29, 1.82) is 0 Å². The number of hydrogen-bond donors (Lipinski definition) is 0. The van der Waals surface area contributed by atoms with Gasteiger partial charge in [0.05, 0.1) is 11.2 Å². The summed E-state index contributed by atoms with van der Waals surface area (Å²) in [4.78, 5) is 4.67. The molecule has 2 nitrogen and oxygen atoms in total. The molecule has 148 valence electrons. The van der Waals surface area contributed by atoms with Gasteiger partial charge >= 0.3 is 0 Å². The molecule has 4 aromatic rings. The van der Waals surface area contributed by atoms with E-state index < -0.39 is 0 Å². The van der Waals surface area contributed by atoms with Crippen LogP contribution in [0.3, 0.4) is 0 Å². The molecule has 2 heterocycles. The van der Waals surface area contributed by atoms with Crippen molar-refractivity contribution in [2.45, 2.75) is 46.6 Å². The summed E-state index contributed by atoms with van der Waals surface area (Å²) < 4.78 is 15.8. The number of fused-ring (bicyclic) bond motifs is 1. The molecule has 2 aromatic heterocycles. The molecule has 3 heteroatoms. The lowest BCUT2D eigenvalue weighted by atomic mass is 9.87. The lowest BCUT2D eigenvalue weighted by Gasteiger charge is -2.19. The molecule has 0 aliphatic rings. The van der Waals surface area contributed by atoms with Crippen LogP contribution in [0.1, 0.15) is 43.2 Å². The summed E-state index contributed by atoms with van der Waals surface area (Å²) in [5.41, 5.74) is 8.16. The fraction of sp³-hybridized carbons (Fsp3) is 0.269. The molecule has 0 amide bonds. The second kappa shape index (κ2) is 7.14. The molecule has 0 saturated carbocycles. The highest BCUT2D eigenvalue weighted by atomic mass is 19.1. The van der Waals surface area contributed by atoms with Crippen LogP contribution in [0.5, 0.6) is 0 Å². The van der Waals surface area contributed by atoms with Gasteiger partial charge in [0.1, 0.15) is 5.82 Å². The number of pyridine rings is 1. The van der Waals surface area contributed by atoms with Gasteiger partial charge in [0, 0.05) is 29.4 Å². The van der Waals surface area contributed by atoms with Gasteiger partial charge in [-0.15, -0.1) is 0 Å². The van der Waals surface area contributed by atoms with E-state index in [1.807, 2.05) is 6.20 Å². The molecule has 0 radical (unpaired) electrons. The third-order valence-corrected chi connectivity index (χ3v) is 5.82. The van der Waals surface area contributed by atoms with E-state index in [4.69, 9.17) is 0 Å². The average molecular weight is 387 g/mol. The first-order valence-electron chi connectivity index (χ1n) is 10.1. The van der Waals surface area contributed by atoms with Gasteiger partial charge in [-0.3, -0.25) is 4.98 Å². The van der Waals surface area contributed by atoms with Crippen molar-refractivity contribution in [1.82, 2.24) is 9.55 Å². The molecule has 0 unspecified atom stereocenters. The average Bonchev–Trinajstić information content (AvgIpc) is 2.93. The molecule has 0 bridgehead atoms. The third kappa shape index (κ3) is 3.57. The van der Waals surface area contributed by atoms with Crippen LogP contribution in [-0.2, 0) is 12.0 Å². The van der Waals surface area contributed by atoms with E-state index in [9.17, 15) is 4.39 Å². The summed E-state index contributed by atoms with van der Waals surface area (Å²) in [6.07, 6.45) is 1.84. The Bertz CT molecular complexity index is 1160. The fourth-order valence-corrected chi connectivity index (χ4v) is 3.90. The Morgan fingerprint density at radius 1 is 0.897 bits per heavy atom. The van der Waals surface area contributed by atoms with Gasteiger partial charge in [0.2, 0.25) is 0 Å². The minimum Gasteiger partial charge on any atom is -0.338 e. The number of aromatic nitrogens is 2. The van der Waals surface area contributed by atoms with E-state index in [0.29, 0.717) is 0 Å². The van der Waals surface area contributed by atoms with E-state index in [1.54, 1.807) is 12.1 Å². The fourth-order valence-electron chi connectivity index (χ4n) is 3.90. The summed E-state index contributed by atoms with van der Waals surface area (Å²) in [6, 6.07) is 17.6. The van der Waals surface area contributed by atoms with Crippen LogP contribution in [0.25, 0.3) is 22.2 Å². The number of nitrogens with zero attached hydrogens (tertiary/aromatic N) is 2. The second-order valence-corrected chi connectivity index (χ2v) is 8.81. The molecule has 0 fully saturated rings. The Kier molecular flexibility index (Phi) is 4.77. The van der Waals surface area contributed by atoms with Crippen molar-refractivity contribution < 1.29 is 4.39 Å². The first-order chi connectivity index (χ1) is 13.8. The molecule has 29 heavy (non-hydrogen) atoms. The molecule has 0 N–H and O–H groups in total. The van der Waals surface area contributed by atoms with E-state index in [1.165, 1.54) is 39.9 Å². The second-order valence-electron chi connectivity index (χ2n) is 8.81. The molecule has 0 spiro atoms. The highest BCUT2D eigenvalue weighted by Crippen LogP contribution is 2.33. The van der Waals surface area contributed by atoms with Crippen LogP contribution in [0, 0.1) is 19.7 Å². The number of benzene rings is 2. The quantitative estimate of drug-likeness (QED) is 0.378. The summed E-state index contributed by atoms with van der Waals surface area (Å²) >= 11 is 0. The smallest absolute Gasteiger partial charge is 0.123 e. The van der Waals surface area contributed by atoms with Crippen LogP contribution in [-0.4, -0.2) is 9.55 Å². The third-order valence-electron chi connectivity index (χ3n) is 5.82. The zero-order valence-electron chi connectivity index (χ0n) is 17.8. The van der Waals surface area contributed by atoms with Crippen LogP contribution >= 0.6 is 0 Å². The highest BCUT2D eigenvalue weighted by Gasteiger charge is 2.17. The Morgan fingerprint density at radius 2 is 1.55 bits per heavy atom. The topological polar surface area (TPSA) is 17.8 Å². The van der Waals surface area contributed by atoms with Gasteiger partial charge < -0.3 is 4.57 Å². The number of aryl methyl sites for hydroxylation is 1. The van der Waals surface area contributed by atoms with Gasteiger partial charge in [-0.2, -0.15) is 0 Å². The van der Waals surface area contributed by atoms with Gasteiger partial charge in [-0.25, -0.2) is 4.39 Å². The number of hydrogen-bond acceptors (Lipinski definition) is 1. The molecule has 4 rings (SSSR count). The van der Waals surface area contributed by atoms with Crippen molar-refractivity contribution in [3.8, 4) is 11.3 Å². The van der Waals surface area contributed by atoms with Crippen LogP contribution in [0.4, 0.5) is 4.39 Å². The first-order valence-corrected chi connectivity index (χ1v) is 10.1.